The predicted octanol–water partition coefficient (Wildman–Crippen LogP) is 3.67. The maximum atomic E-state index is 12.2. The van der Waals surface area contributed by atoms with Crippen molar-refractivity contribution in [2.24, 2.45) is 0 Å². The van der Waals surface area contributed by atoms with E-state index in [4.69, 9.17) is 0 Å². The minimum absolute atomic E-state index is 0.0384. The molecule has 0 atom stereocenters. The molecule has 2 heterocycles. The van der Waals surface area contributed by atoms with Gasteiger partial charge in [0.05, 0.1) is 12.0 Å². The summed E-state index contributed by atoms with van der Waals surface area (Å²) in [5.41, 5.74) is 1.65. The monoisotopic (exact) mass is 378 g/mol. The van der Waals surface area contributed by atoms with Gasteiger partial charge in [-0.1, -0.05) is 6.07 Å². The zero-order valence-corrected chi connectivity index (χ0v) is 14.6. The van der Waals surface area contributed by atoms with Crippen molar-refractivity contribution in [3.8, 4) is 0 Å². The Labute approximate surface area is 141 Å². The lowest BCUT2D eigenvalue weighted by Crippen LogP contribution is -2.26. The van der Waals surface area contributed by atoms with Gasteiger partial charge in [0.25, 0.3) is 5.91 Å². The minimum Gasteiger partial charge on any atom is -0.347 e. The van der Waals surface area contributed by atoms with Gasteiger partial charge in [0.15, 0.2) is 0 Å². The van der Waals surface area contributed by atoms with Crippen LogP contribution >= 0.6 is 27.3 Å². The average molecular weight is 379 g/mol. The fraction of sp³-hybridized carbons (Fsp3) is 0.250. The molecule has 1 aliphatic rings. The van der Waals surface area contributed by atoms with Gasteiger partial charge >= 0.3 is 0 Å². The number of hydrogen-bond donors (Lipinski definition) is 2. The molecule has 1 aromatic carbocycles. The van der Waals surface area contributed by atoms with Crippen molar-refractivity contribution in [3.05, 3.63) is 50.1 Å². The lowest BCUT2D eigenvalue weighted by atomic mass is 9.86. The van der Waals surface area contributed by atoms with Crippen molar-refractivity contribution in [2.45, 2.75) is 25.8 Å². The van der Waals surface area contributed by atoms with E-state index < -0.39 is 5.41 Å². The van der Waals surface area contributed by atoms with Crippen LogP contribution in [0, 0.1) is 0 Å². The summed E-state index contributed by atoms with van der Waals surface area (Å²) in [6.45, 7) is 4.25. The number of amides is 2. The second-order valence-corrected chi connectivity index (χ2v) is 7.66. The van der Waals surface area contributed by atoms with E-state index in [1.54, 1.807) is 23.5 Å². The van der Waals surface area contributed by atoms with Crippen LogP contribution in [-0.4, -0.2) is 11.8 Å². The number of halogens is 1. The van der Waals surface area contributed by atoms with Gasteiger partial charge in [-0.25, -0.2) is 0 Å². The highest BCUT2D eigenvalue weighted by Gasteiger charge is 2.38. The Morgan fingerprint density at radius 2 is 2.14 bits per heavy atom. The number of benzene rings is 1. The number of carbonyl (C=O) groups excluding carboxylic acids is 2. The number of rotatable bonds is 3. The molecule has 2 amide bonds. The van der Waals surface area contributed by atoms with Crippen molar-refractivity contribution in [3.63, 3.8) is 0 Å². The quantitative estimate of drug-likeness (QED) is 0.855. The molecule has 2 aromatic rings. The van der Waals surface area contributed by atoms with E-state index >= 15 is 0 Å². The summed E-state index contributed by atoms with van der Waals surface area (Å²) in [6.07, 6.45) is 0. The highest BCUT2D eigenvalue weighted by atomic mass is 79.9. The third-order valence-electron chi connectivity index (χ3n) is 3.82. The maximum Gasteiger partial charge on any atom is 0.251 e. The normalized spacial score (nSPS) is 15.3. The van der Waals surface area contributed by atoms with Gasteiger partial charge in [-0.2, -0.15) is 0 Å². The van der Waals surface area contributed by atoms with Crippen molar-refractivity contribution >= 4 is 44.8 Å². The maximum absolute atomic E-state index is 12.2. The van der Waals surface area contributed by atoms with Crippen LogP contribution in [0.25, 0.3) is 0 Å². The summed E-state index contributed by atoms with van der Waals surface area (Å²) in [5, 5.41) is 7.71. The summed E-state index contributed by atoms with van der Waals surface area (Å²) in [6, 6.07) is 7.34. The second-order valence-electron chi connectivity index (χ2n) is 5.75. The summed E-state index contributed by atoms with van der Waals surface area (Å²) in [5.74, 6) is -0.185. The Morgan fingerprint density at radius 1 is 1.36 bits per heavy atom. The number of thiophene rings is 1. The first-order valence-electron chi connectivity index (χ1n) is 6.85. The molecule has 0 saturated carbocycles. The van der Waals surface area contributed by atoms with E-state index in [2.05, 4.69) is 26.6 Å². The minimum atomic E-state index is -0.548. The van der Waals surface area contributed by atoms with Crippen molar-refractivity contribution in [1.29, 1.82) is 0 Å². The third kappa shape index (κ3) is 2.68. The Kier molecular flexibility index (Phi) is 3.82. The largest absolute Gasteiger partial charge is 0.347 e. The highest BCUT2D eigenvalue weighted by Crippen LogP contribution is 2.37. The lowest BCUT2D eigenvalue weighted by Gasteiger charge is -2.14. The Bertz CT molecular complexity index is 767. The molecular formula is C16H15BrN2O2S. The van der Waals surface area contributed by atoms with Gasteiger partial charge < -0.3 is 10.6 Å². The molecule has 4 nitrogen and oxygen atoms in total. The molecule has 0 saturated heterocycles. The summed E-state index contributed by atoms with van der Waals surface area (Å²) in [7, 11) is 0. The molecule has 0 spiro atoms. The van der Waals surface area contributed by atoms with Crippen LogP contribution in [0.3, 0.4) is 0 Å². The van der Waals surface area contributed by atoms with Crippen LogP contribution < -0.4 is 10.6 Å². The van der Waals surface area contributed by atoms with E-state index in [1.807, 2.05) is 31.4 Å². The van der Waals surface area contributed by atoms with Crippen molar-refractivity contribution in [1.82, 2.24) is 5.32 Å². The molecule has 22 heavy (non-hydrogen) atoms. The molecule has 0 radical (unpaired) electrons. The van der Waals surface area contributed by atoms with E-state index in [0.717, 1.165) is 20.6 Å². The van der Waals surface area contributed by atoms with Gasteiger partial charge in [-0.05, 0) is 53.5 Å². The fourth-order valence-electron chi connectivity index (χ4n) is 2.45. The van der Waals surface area contributed by atoms with Gasteiger partial charge in [0, 0.05) is 26.0 Å². The molecule has 0 unspecified atom stereocenters. The first kappa shape index (κ1) is 15.2. The Hall–Kier alpha value is -1.66. The second kappa shape index (κ2) is 5.52. The number of fused-ring (bicyclic) bond motifs is 1. The van der Waals surface area contributed by atoms with Crippen LogP contribution in [0.5, 0.6) is 0 Å². The fourth-order valence-corrected chi connectivity index (χ4v) is 3.84. The SMILES string of the molecule is CC1(C)C(=O)Nc2cc(C(=O)NCc3cc(Br)cs3)ccc21. The molecule has 0 aliphatic carbocycles. The molecule has 0 bridgehead atoms. The Morgan fingerprint density at radius 3 is 2.82 bits per heavy atom. The van der Waals surface area contributed by atoms with Crippen LogP contribution in [0.2, 0.25) is 0 Å². The van der Waals surface area contributed by atoms with Crippen LogP contribution in [0.15, 0.2) is 34.1 Å². The summed E-state index contributed by atoms with van der Waals surface area (Å²) >= 11 is 4.98. The van der Waals surface area contributed by atoms with E-state index in [-0.39, 0.29) is 11.8 Å². The molecule has 6 heteroatoms. The number of anilines is 1. The predicted molar refractivity (Wildman–Crippen MR) is 91.3 cm³/mol. The van der Waals surface area contributed by atoms with E-state index in [1.165, 1.54) is 0 Å². The molecule has 0 fully saturated rings. The van der Waals surface area contributed by atoms with Crippen molar-refractivity contribution in [2.75, 3.05) is 5.32 Å². The third-order valence-corrected chi connectivity index (χ3v) is 5.51. The molecule has 3 rings (SSSR count). The van der Waals surface area contributed by atoms with Gasteiger partial charge in [-0.3, -0.25) is 9.59 Å². The molecule has 114 valence electrons. The molecule has 2 N–H and O–H groups in total. The highest BCUT2D eigenvalue weighted by molar-refractivity contribution is 9.10. The summed E-state index contributed by atoms with van der Waals surface area (Å²) in [4.78, 5) is 25.2. The van der Waals surface area contributed by atoms with Crippen LogP contribution in [-0.2, 0) is 16.8 Å². The molecular weight excluding hydrogens is 364 g/mol. The van der Waals surface area contributed by atoms with Crippen LogP contribution in [0.1, 0.15) is 34.6 Å². The van der Waals surface area contributed by atoms with E-state index in [0.29, 0.717) is 12.1 Å². The van der Waals surface area contributed by atoms with Gasteiger partial charge in [0.2, 0.25) is 5.91 Å². The van der Waals surface area contributed by atoms with Gasteiger partial charge in [0.1, 0.15) is 0 Å². The smallest absolute Gasteiger partial charge is 0.251 e. The number of carbonyl (C=O) groups is 2. The summed E-state index contributed by atoms with van der Waals surface area (Å²) < 4.78 is 1.02. The number of hydrogen-bond acceptors (Lipinski definition) is 3. The topological polar surface area (TPSA) is 58.2 Å². The zero-order chi connectivity index (χ0) is 15.9. The number of nitrogens with one attached hydrogen (secondary N) is 2. The Balaban J connectivity index is 1.75. The van der Waals surface area contributed by atoms with E-state index in [9.17, 15) is 9.59 Å². The zero-order valence-electron chi connectivity index (χ0n) is 12.2. The molecule has 1 aromatic heterocycles. The first-order valence-corrected chi connectivity index (χ1v) is 8.52. The average Bonchev–Trinajstić information content (AvgIpc) is 2.98. The lowest BCUT2D eigenvalue weighted by molar-refractivity contribution is -0.119. The standard InChI is InChI=1S/C16H15BrN2O2S/c1-16(2)12-4-3-9(5-13(12)19-15(16)21)14(20)18-7-11-6-10(17)8-22-11/h3-6,8H,7H2,1-2H3,(H,18,20)(H,19,21). The molecule has 1 aliphatic heterocycles. The van der Waals surface area contributed by atoms with Crippen LogP contribution in [0.4, 0.5) is 5.69 Å². The van der Waals surface area contributed by atoms with Crippen molar-refractivity contribution < 1.29 is 9.59 Å². The first-order chi connectivity index (χ1) is 10.4. The van der Waals surface area contributed by atoms with Gasteiger partial charge in [-0.15, -0.1) is 11.3 Å².